The molecule has 0 aliphatic carbocycles. The molecule has 0 saturated carbocycles. The lowest BCUT2D eigenvalue weighted by Crippen LogP contribution is -2.61. The van der Waals surface area contributed by atoms with Crippen molar-refractivity contribution in [3.05, 3.63) is 0 Å². The van der Waals surface area contributed by atoms with Crippen LogP contribution in [0.2, 0.25) is 0 Å². The summed E-state index contributed by atoms with van der Waals surface area (Å²) in [6.07, 6.45) is -16.9. The average Bonchev–Trinajstić information content (AvgIpc) is 2.57. The molecular formula is C12H22O12. The Morgan fingerprint density at radius 3 is 2.08 bits per heavy atom. The largest absolute Gasteiger partial charge is 0.479 e. The van der Waals surface area contributed by atoms with Crippen LogP contribution in [0, 0.1) is 0 Å². The van der Waals surface area contributed by atoms with Crippen LogP contribution in [-0.4, -0.2) is 120 Å². The van der Waals surface area contributed by atoms with E-state index < -0.39 is 74.3 Å². The molecule has 9 N–H and O–H groups in total. The third kappa shape index (κ3) is 4.58. The first-order chi connectivity index (χ1) is 11.1. The molecular weight excluding hydrogens is 336 g/mol. The first-order valence-electron chi connectivity index (χ1n) is 6.99. The second-order valence-electron chi connectivity index (χ2n) is 5.32. The summed E-state index contributed by atoms with van der Waals surface area (Å²) in [5.74, 6) is -1.84. The summed E-state index contributed by atoms with van der Waals surface area (Å²) in [5, 5.41) is 84.5. The monoisotopic (exact) mass is 358 g/mol. The predicted molar refractivity (Wildman–Crippen MR) is 71.4 cm³/mol. The van der Waals surface area contributed by atoms with E-state index in [9.17, 15) is 35.4 Å². The Bertz CT molecular complexity index is 403. The first-order valence-corrected chi connectivity index (χ1v) is 6.99. The standard InChI is InChI=1S/C12H22O12/c13-1-3(15)10(7(18)8(19)11(21)22)24-12-9(20)6(17)5(16)4(2-14)23-12/h3-10,12-20H,1-2H2,(H,21,22)/t3-,4-,5+,6+,7-,8-,9-,10+,12+/m1/s1. The van der Waals surface area contributed by atoms with Gasteiger partial charge in [0.2, 0.25) is 0 Å². The van der Waals surface area contributed by atoms with Crippen LogP contribution in [0.5, 0.6) is 0 Å². The van der Waals surface area contributed by atoms with E-state index in [2.05, 4.69) is 0 Å². The van der Waals surface area contributed by atoms with E-state index in [1.807, 2.05) is 0 Å². The molecule has 1 fully saturated rings. The maximum absolute atomic E-state index is 10.7. The molecule has 1 saturated heterocycles. The van der Waals surface area contributed by atoms with Crippen LogP contribution in [0.4, 0.5) is 0 Å². The summed E-state index contributed by atoms with van der Waals surface area (Å²) in [5.41, 5.74) is 0. The molecule has 0 bridgehead atoms. The van der Waals surface area contributed by atoms with Crippen LogP contribution in [0.15, 0.2) is 0 Å². The van der Waals surface area contributed by atoms with Crippen LogP contribution < -0.4 is 0 Å². The highest BCUT2D eigenvalue weighted by atomic mass is 16.7. The van der Waals surface area contributed by atoms with Crippen LogP contribution in [0.1, 0.15) is 0 Å². The van der Waals surface area contributed by atoms with Gasteiger partial charge in [-0.3, -0.25) is 0 Å². The molecule has 1 rings (SSSR count). The topological polar surface area (TPSA) is 218 Å². The van der Waals surface area contributed by atoms with Gasteiger partial charge in [0.25, 0.3) is 0 Å². The zero-order valence-corrected chi connectivity index (χ0v) is 12.4. The minimum atomic E-state index is -2.39. The maximum Gasteiger partial charge on any atom is 0.335 e. The van der Waals surface area contributed by atoms with Gasteiger partial charge in [0, 0.05) is 0 Å². The number of aliphatic carboxylic acids is 1. The van der Waals surface area contributed by atoms with Crippen molar-refractivity contribution in [3.63, 3.8) is 0 Å². The number of aliphatic hydroxyl groups is 8. The molecule has 0 unspecified atom stereocenters. The highest BCUT2D eigenvalue weighted by molar-refractivity contribution is 5.72. The lowest BCUT2D eigenvalue weighted by atomic mass is 9.98. The molecule has 0 aromatic heterocycles. The summed E-state index contributed by atoms with van der Waals surface area (Å²) in [6, 6.07) is 0. The van der Waals surface area contributed by atoms with Gasteiger partial charge in [-0.05, 0) is 0 Å². The second kappa shape index (κ2) is 8.96. The highest BCUT2D eigenvalue weighted by Crippen LogP contribution is 2.24. The fourth-order valence-corrected chi connectivity index (χ4v) is 2.16. The first kappa shape index (κ1) is 21.1. The Labute approximate surface area is 135 Å². The number of aliphatic hydroxyl groups excluding tert-OH is 8. The van der Waals surface area contributed by atoms with Gasteiger partial charge in [-0.2, -0.15) is 0 Å². The van der Waals surface area contributed by atoms with Crippen molar-refractivity contribution in [2.24, 2.45) is 0 Å². The predicted octanol–water partition coefficient (Wildman–Crippen LogP) is -5.67. The molecule has 0 aromatic carbocycles. The molecule has 0 aromatic rings. The third-order valence-corrected chi connectivity index (χ3v) is 3.62. The molecule has 9 atom stereocenters. The summed E-state index contributed by atoms with van der Waals surface area (Å²) in [6.45, 7) is -1.76. The van der Waals surface area contributed by atoms with Crippen LogP contribution in [0.3, 0.4) is 0 Å². The van der Waals surface area contributed by atoms with E-state index in [1.165, 1.54) is 0 Å². The van der Waals surface area contributed by atoms with Gasteiger partial charge in [-0.15, -0.1) is 0 Å². The molecule has 1 aliphatic heterocycles. The Kier molecular flexibility index (Phi) is 7.88. The lowest BCUT2D eigenvalue weighted by molar-refractivity contribution is -0.326. The summed E-state index contributed by atoms with van der Waals surface area (Å²) >= 11 is 0. The van der Waals surface area contributed by atoms with E-state index in [4.69, 9.17) is 24.8 Å². The van der Waals surface area contributed by atoms with Crippen LogP contribution >= 0.6 is 0 Å². The Morgan fingerprint density at radius 1 is 1.04 bits per heavy atom. The molecule has 0 amide bonds. The summed E-state index contributed by atoms with van der Waals surface area (Å²) in [7, 11) is 0. The van der Waals surface area contributed by atoms with Crippen LogP contribution in [0.25, 0.3) is 0 Å². The number of carboxylic acid groups (broad SMARTS) is 1. The fourth-order valence-electron chi connectivity index (χ4n) is 2.16. The number of carbonyl (C=O) groups is 1. The van der Waals surface area contributed by atoms with Crippen LogP contribution in [-0.2, 0) is 14.3 Å². The molecule has 142 valence electrons. The zero-order valence-electron chi connectivity index (χ0n) is 12.4. The Morgan fingerprint density at radius 2 is 1.62 bits per heavy atom. The number of carboxylic acids is 1. The molecule has 0 spiro atoms. The minimum absolute atomic E-state index is 0.766. The lowest BCUT2D eigenvalue weighted by Gasteiger charge is -2.42. The van der Waals surface area contributed by atoms with Crippen molar-refractivity contribution in [2.45, 2.75) is 55.1 Å². The second-order valence-corrected chi connectivity index (χ2v) is 5.32. The maximum atomic E-state index is 10.7. The van der Waals surface area contributed by atoms with E-state index in [1.54, 1.807) is 0 Å². The smallest absolute Gasteiger partial charge is 0.335 e. The van der Waals surface area contributed by atoms with Gasteiger partial charge < -0.3 is 55.4 Å². The van der Waals surface area contributed by atoms with Gasteiger partial charge >= 0.3 is 5.97 Å². The number of rotatable bonds is 8. The molecule has 0 radical (unpaired) electrons. The van der Waals surface area contributed by atoms with Crippen molar-refractivity contribution in [2.75, 3.05) is 13.2 Å². The van der Waals surface area contributed by atoms with E-state index in [-0.39, 0.29) is 0 Å². The molecule has 12 nitrogen and oxygen atoms in total. The Balaban J connectivity index is 2.94. The third-order valence-electron chi connectivity index (χ3n) is 3.62. The Hall–Kier alpha value is -0.930. The highest BCUT2D eigenvalue weighted by Gasteiger charge is 2.47. The van der Waals surface area contributed by atoms with Crippen molar-refractivity contribution in [3.8, 4) is 0 Å². The van der Waals surface area contributed by atoms with Crippen molar-refractivity contribution in [1.29, 1.82) is 0 Å². The van der Waals surface area contributed by atoms with E-state index >= 15 is 0 Å². The molecule has 1 aliphatic rings. The number of ether oxygens (including phenoxy) is 2. The number of hydrogen-bond acceptors (Lipinski definition) is 11. The van der Waals surface area contributed by atoms with Gasteiger partial charge in [0.15, 0.2) is 12.4 Å². The van der Waals surface area contributed by atoms with E-state index in [0.717, 1.165) is 0 Å². The van der Waals surface area contributed by atoms with Gasteiger partial charge in [-0.1, -0.05) is 0 Å². The van der Waals surface area contributed by atoms with Crippen molar-refractivity contribution >= 4 is 5.97 Å². The van der Waals surface area contributed by atoms with Gasteiger partial charge in [0.1, 0.15) is 42.7 Å². The normalized spacial score (nSPS) is 35.9. The van der Waals surface area contributed by atoms with Crippen molar-refractivity contribution < 1.29 is 60.2 Å². The van der Waals surface area contributed by atoms with Gasteiger partial charge in [0.05, 0.1) is 13.2 Å². The average molecular weight is 358 g/mol. The molecule has 12 heteroatoms. The zero-order chi connectivity index (χ0) is 18.6. The minimum Gasteiger partial charge on any atom is -0.479 e. The molecule has 24 heavy (non-hydrogen) atoms. The molecule has 1 heterocycles. The van der Waals surface area contributed by atoms with Crippen molar-refractivity contribution in [1.82, 2.24) is 0 Å². The fraction of sp³-hybridized carbons (Fsp3) is 0.917. The number of hydrogen-bond donors (Lipinski definition) is 9. The summed E-state index contributed by atoms with van der Waals surface area (Å²) in [4.78, 5) is 10.7. The SMILES string of the molecule is O=C(O)[C@H](O)[C@@H](O)[C@@H](O[C@@H]1O[C@H](CO)[C@H](O)[C@H](O)[C@H]1O)[C@H](O)CO. The van der Waals surface area contributed by atoms with Gasteiger partial charge in [-0.25, -0.2) is 4.79 Å². The quantitative estimate of drug-likeness (QED) is 0.198. The van der Waals surface area contributed by atoms with E-state index in [0.29, 0.717) is 0 Å². The summed E-state index contributed by atoms with van der Waals surface area (Å²) < 4.78 is 9.98.